The average molecular weight is 263 g/mol. The lowest BCUT2D eigenvalue weighted by Gasteiger charge is -2.25. The van der Waals surface area contributed by atoms with Gasteiger partial charge in [0.15, 0.2) is 0 Å². The van der Waals surface area contributed by atoms with Gasteiger partial charge in [0.1, 0.15) is 5.75 Å². The van der Waals surface area contributed by atoms with Crippen LogP contribution in [0.5, 0.6) is 5.75 Å². The highest BCUT2D eigenvalue weighted by Crippen LogP contribution is 2.27. The van der Waals surface area contributed by atoms with Gasteiger partial charge in [-0.2, -0.15) is 0 Å². The molecule has 2 unspecified atom stereocenters. The minimum absolute atomic E-state index is 0.226. The molecule has 0 saturated heterocycles. The predicted molar refractivity (Wildman–Crippen MR) is 82.5 cm³/mol. The molecule has 0 amide bonds. The van der Waals surface area contributed by atoms with Gasteiger partial charge in [0.25, 0.3) is 0 Å². The highest BCUT2D eigenvalue weighted by Gasteiger charge is 2.17. The van der Waals surface area contributed by atoms with E-state index >= 15 is 0 Å². The highest BCUT2D eigenvalue weighted by molar-refractivity contribution is 5.28. The molecular weight excluding hydrogens is 234 g/mol. The molecule has 0 fully saturated rings. The van der Waals surface area contributed by atoms with E-state index in [4.69, 9.17) is 10.5 Å². The summed E-state index contributed by atoms with van der Waals surface area (Å²) < 4.78 is 5.24. The molecule has 0 aliphatic heterocycles. The molecule has 2 nitrogen and oxygen atoms in total. The molecule has 0 aliphatic rings. The molecular formula is C17H29NO. The lowest BCUT2D eigenvalue weighted by Crippen LogP contribution is -2.26. The first-order valence-corrected chi connectivity index (χ1v) is 7.18. The number of rotatable bonds is 6. The summed E-state index contributed by atoms with van der Waals surface area (Å²) >= 11 is 0. The molecule has 19 heavy (non-hydrogen) atoms. The van der Waals surface area contributed by atoms with Crippen molar-refractivity contribution in [1.82, 2.24) is 0 Å². The van der Waals surface area contributed by atoms with Gasteiger partial charge >= 0.3 is 0 Å². The number of nitrogens with two attached hydrogens (primary N) is 1. The minimum Gasteiger partial charge on any atom is -0.497 e. The first-order valence-electron chi connectivity index (χ1n) is 7.18. The van der Waals surface area contributed by atoms with Crippen molar-refractivity contribution in [3.63, 3.8) is 0 Å². The Bertz CT molecular complexity index is 381. The SMILES string of the molecule is COc1cccc(CC(N)CC(C)CC(C)(C)C)c1. The topological polar surface area (TPSA) is 35.2 Å². The monoisotopic (exact) mass is 263 g/mol. The number of benzene rings is 1. The molecule has 2 atom stereocenters. The molecule has 0 spiro atoms. The lowest BCUT2D eigenvalue weighted by molar-refractivity contribution is 0.285. The van der Waals surface area contributed by atoms with Crippen LogP contribution < -0.4 is 10.5 Å². The summed E-state index contributed by atoms with van der Waals surface area (Å²) in [5, 5.41) is 0. The average Bonchev–Trinajstić information content (AvgIpc) is 2.26. The third kappa shape index (κ3) is 6.63. The summed E-state index contributed by atoms with van der Waals surface area (Å²) in [4.78, 5) is 0. The zero-order chi connectivity index (χ0) is 14.5. The van der Waals surface area contributed by atoms with E-state index in [9.17, 15) is 0 Å². The van der Waals surface area contributed by atoms with Gasteiger partial charge in [-0.3, -0.25) is 0 Å². The van der Waals surface area contributed by atoms with Crippen molar-refractivity contribution in [1.29, 1.82) is 0 Å². The van der Waals surface area contributed by atoms with E-state index in [0.29, 0.717) is 11.3 Å². The summed E-state index contributed by atoms with van der Waals surface area (Å²) in [6, 6.07) is 8.42. The summed E-state index contributed by atoms with van der Waals surface area (Å²) in [5.74, 6) is 1.58. The third-order valence-electron chi connectivity index (χ3n) is 3.30. The van der Waals surface area contributed by atoms with Crippen molar-refractivity contribution in [2.75, 3.05) is 7.11 Å². The van der Waals surface area contributed by atoms with Gasteiger partial charge in [-0.15, -0.1) is 0 Å². The molecule has 0 radical (unpaired) electrons. The van der Waals surface area contributed by atoms with E-state index in [1.165, 1.54) is 12.0 Å². The number of ether oxygens (including phenoxy) is 1. The Balaban J connectivity index is 2.48. The Morgan fingerprint density at radius 2 is 1.95 bits per heavy atom. The first kappa shape index (κ1) is 16.0. The van der Waals surface area contributed by atoms with Crippen molar-refractivity contribution in [2.24, 2.45) is 17.1 Å². The van der Waals surface area contributed by atoms with Crippen LogP contribution in [0.15, 0.2) is 24.3 Å². The second-order valence-electron chi connectivity index (χ2n) is 6.92. The first-order chi connectivity index (χ1) is 8.80. The van der Waals surface area contributed by atoms with Crippen molar-refractivity contribution < 1.29 is 4.74 Å². The summed E-state index contributed by atoms with van der Waals surface area (Å²) in [6.45, 7) is 9.17. The molecule has 2 N–H and O–H groups in total. The fourth-order valence-electron chi connectivity index (χ4n) is 2.83. The largest absolute Gasteiger partial charge is 0.497 e. The standard InChI is InChI=1S/C17H29NO/c1-13(12-17(2,3)4)9-15(18)10-14-7-6-8-16(11-14)19-5/h6-8,11,13,15H,9-10,12,18H2,1-5H3. The second kappa shape index (κ2) is 6.95. The number of methoxy groups -OCH3 is 1. The van der Waals surface area contributed by atoms with Gasteiger partial charge in [-0.1, -0.05) is 39.8 Å². The molecule has 0 bridgehead atoms. The minimum atomic E-state index is 0.226. The quantitative estimate of drug-likeness (QED) is 0.841. The summed E-state index contributed by atoms with van der Waals surface area (Å²) in [6.07, 6.45) is 3.22. The maximum absolute atomic E-state index is 6.28. The molecule has 1 aromatic carbocycles. The Hall–Kier alpha value is -1.02. The zero-order valence-electron chi connectivity index (χ0n) is 13.1. The van der Waals surface area contributed by atoms with Gasteiger partial charge in [-0.25, -0.2) is 0 Å². The molecule has 0 aliphatic carbocycles. The Morgan fingerprint density at radius 3 is 2.53 bits per heavy atom. The Labute approximate surface area is 118 Å². The maximum Gasteiger partial charge on any atom is 0.119 e. The molecule has 2 heteroatoms. The zero-order valence-corrected chi connectivity index (χ0v) is 13.1. The van der Waals surface area contributed by atoms with Gasteiger partial charge in [-0.05, 0) is 48.3 Å². The van der Waals surface area contributed by atoms with Crippen LogP contribution in [-0.2, 0) is 6.42 Å². The Morgan fingerprint density at radius 1 is 1.26 bits per heavy atom. The summed E-state index contributed by atoms with van der Waals surface area (Å²) in [7, 11) is 1.70. The van der Waals surface area contributed by atoms with Crippen LogP contribution in [0.4, 0.5) is 0 Å². The lowest BCUT2D eigenvalue weighted by atomic mass is 9.82. The van der Waals surface area contributed by atoms with Crippen LogP contribution in [0.25, 0.3) is 0 Å². The maximum atomic E-state index is 6.28. The van der Waals surface area contributed by atoms with E-state index in [0.717, 1.165) is 18.6 Å². The predicted octanol–water partition coefficient (Wildman–Crippen LogP) is 4.03. The van der Waals surface area contributed by atoms with E-state index in [1.54, 1.807) is 7.11 Å². The fourth-order valence-corrected chi connectivity index (χ4v) is 2.83. The molecule has 0 heterocycles. The van der Waals surface area contributed by atoms with Gasteiger partial charge < -0.3 is 10.5 Å². The van der Waals surface area contributed by atoms with Crippen molar-refractivity contribution in [2.45, 2.75) is 53.0 Å². The van der Waals surface area contributed by atoms with Crippen LogP contribution in [0.1, 0.15) is 46.1 Å². The second-order valence-corrected chi connectivity index (χ2v) is 6.92. The van der Waals surface area contributed by atoms with Crippen LogP contribution in [0.3, 0.4) is 0 Å². The Kier molecular flexibility index (Phi) is 5.86. The van der Waals surface area contributed by atoms with E-state index in [2.05, 4.69) is 39.8 Å². The van der Waals surface area contributed by atoms with Crippen LogP contribution in [0, 0.1) is 11.3 Å². The highest BCUT2D eigenvalue weighted by atomic mass is 16.5. The van der Waals surface area contributed by atoms with Crippen molar-refractivity contribution >= 4 is 0 Å². The number of hydrogen-bond acceptors (Lipinski definition) is 2. The molecule has 0 aromatic heterocycles. The summed E-state index contributed by atoms with van der Waals surface area (Å²) in [5.41, 5.74) is 7.92. The van der Waals surface area contributed by atoms with Crippen molar-refractivity contribution in [3.05, 3.63) is 29.8 Å². The molecule has 0 saturated carbocycles. The van der Waals surface area contributed by atoms with Crippen LogP contribution in [-0.4, -0.2) is 13.2 Å². The van der Waals surface area contributed by atoms with Gasteiger partial charge in [0, 0.05) is 6.04 Å². The number of hydrogen-bond donors (Lipinski definition) is 1. The molecule has 1 aromatic rings. The van der Waals surface area contributed by atoms with Gasteiger partial charge in [0.05, 0.1) is 7.11 Å². The van der Waals surface area contributed by atoms with E-state index in [-0.39, 0.29) is 6.04 Å². The normalized spacial score (nSPS) is 15.1. The molecule has 1 rings (SSSR count). The fraction of sp³-hybridized carbons (Fsp3) is 0.647. The smallest absolute Gasteiger partial charge is 0.119 e. The van der Waals surface area contributed by atoms with Crippen LogP contribution >= 0.6 is 0 Å². The van der Waals surface area contributed by atoms with Crippen LogP contribution in [0.2, 0.25) is 0 Å². The molecule has 108 valence electrons. The van der Waals surface area contributed by atoms with E-state index in [1.807, 2.05) is 12.1 Å². The van der Waals surface area contributed by atoms with Crippen molar-refractivity contribution in [3.8, 4) is 5.75 Å². The third-order valence-corrected chi connectivity index (χ3v) is 3.30. The van der Waals surface area contributed by atoms with Gasteiger partial charge in [0.2, 0.25) is 0 Å². The van der Waals surface area contributed by atoms with E-state index < -0.39 is 0 Å².